The van der Waals surface area contributed by atoms with Crippen LogP contribution in [0.2, 0.25) is 0 Å². The van der Waals surface area contributed by atoms with Gasteiger partial charge in [0.1, 0.15) is 0 Å². The van der Waals surface area contributed by atoms with E-state index in [0.717, 1.165) is 0 Å². The van der Waals surface area contributed by atoms with Gasteiger partial charge in [0.05, 0.1) is 0 Å². The molecule has 254 valence electrons. The molecule has 0 aromatic carbocycles. The molecule has 0 fully saturated rings. The fraction of sp³-hybridized carbons (Fsp3) is 1.00. The predicted molar refractivity (Wildman–Crippen MR) is 195 cm³/mol. The molecule has 1 nitrogen and oxygen atoms in total. The van der Waals surface area contributed by atoms with Crippen LogP contribution in [0.25, 0.3) is 0 Å². The summed E-state index contributed by atoms with van der Waals surface area (Å²) < 4.78 is 0. The summed E-state index contributed by atoms with van der Waals surface area (Å²) in [4.78, 5) is 2.97. The van der Waals surface area contributed by atoms with Crippen LogP contribution in [0.4, 0.5) is 0 Å². The molecule has 0 aliphatic carbocycles. The Kier molecular flexibility index (Phi) is 29.6. The minimum atomic E-state index is 0.308. The van der Waals surface area contributed by atoms with Crippen molar-refractivity contribution in [2.75, 3.05) is 6.54 Å². The Labute approximate surface area is 269 Å². The van der Waals surface area contributed by atoms with Crippen molar-refractivity contribution >= 4 is 0 Å². The highest BCUT2D eigenvalue weighted by molar-refractivity contribution is 4.92. The molecule has 0 heterocycles. The Bertz CT molecular complexity index is 483. The Morgan fingerprint density at radius 2 is 0.500 bits per heavy atom. The van der Waals surface area contributed by atoms with Gasteiger partial charge < -0.3 is 0 Å². The van der Waals surface area contributed by atoms with E-state index in [1.807, 2.05) is 0 Å². The summed E-state index contributed by atoms with van der Waals surface area (Å²) in [7, 11) is 0. The molecular formula is C41H85N. The van der Waals surface area contributed by atoms with Crippen molar-refractivity contribution in [3.05, 3.63) is 0 Å². The SMILES string of the molecule is CCCCCCCCCCCCCC(C)(C)N(CCCCCCCCC)C(C)(C)CCCCCCCCCCCCC. The van der Waals surface area contributed by atoms with Gasteiger partial charge in [-0.2, -0.15) is 0 Å². The average molecular weight is 592 g/mol. The second kappa shape index (κ2) is 29.7. The molecule has 0 rings (SSSR count). The molecule has 0 amide bonds. The van der Waals surface area contributed by atoms with E-state index in [0.29, 0.717) is 11.1 Å². The van der Waals surface area contributed by atoms with Gasteiger partial charge in [0, 0.05) is 11.1 Å². The zero-order chi connectivity index (χ0) is 31.2. The van der Waals surface area contributed by atoms with Crippen LogP contribution in [0.1, 0.15) is 248 Å². The van der Waals surface area contributed by atoms with E-state index in [2.05, 4.69) is 53.4 Å². The number of hydrogen-bond donors (Lipinski definition) is 0. The number of rotatable bonds is 34. The van der Waals surface area contributed by atoms with Crippen LogP contribution in [0.3, 0.4) is 0 Å². The van der Waals surface area contributed by atoms with Gasteiger partial charge in [0.25, 0.3) is 0 Å². The van der Waals surface area contributed by atoms with Crippen LogP contribution < -0.4 is 0 Å². The highest BCUT2D eigenvalue weighted by Gasteiger charge is 2.36. The molecule has 42 heavy (non-hydrogen) atoms. The van der Waals surface area contributed by atoms with Gasteiger partial charge >= 0.3 is 0 Å². The molecule has 1 heteroatoms. The Morgan fingerprint density at radius 3 is 0.762 bits per heavy atom. The maximum Gasteiger partial charge on any atom is 0.0158 e. The first kappa shape index (κ1) is 42.0. The molecule has 0 spiro atoms. The summed E-state index contributed by atoms with van der Waals surface area (Å²) in [5.74, 6) is 0. The highest BCUT2D eigenvalue weighted by atomic mass is 15.2. The normalized spacial score (nSPS) is 12.6. The number of unbranched alkanes of at least 4 members (excludes halogenated alkanes) is 26. The zero-order valence-corrected chi connectivity index (χ0v) is 31.1. The van der Waals surface area contributed by atoms with Crippen LogP contribution >= 0.6 is 0 Å². The van der Waals surface area contributed by atoms with Crippen LogP contribution in [0, 0.1) is 0 Å². The lowest BCUT2D eigenvalue weighted by Gasteiger charge is -2.49. The number of nitrogens with zero attached hydrogens (tertiary/aromatic N) is 1. The molecule has 0 radical (unpaired) electrons. The van der Waals surface area contributed by atoms with Crippen LogP contribution in [-0.4, -0.2) is 22.5 Å². The summed E-state index contributed by atoms with van der Waals surface area (Å²) in [5, 5.41) is 0. The van der Waals surface area contributed by atoms with Crippen molar-refractivity contribution in [3.63, 3.8) is 0 Å². The highest BCUT2D eigenvalue weighted by Crippen LogP contribution is 2.34. The Balaban J connectivity index is 4.50. The van der Waals surface area contributed by atoms with Crippen LogP contribution in [0.15, 0.2) is 0 Å². The molecule has 0 N–H and O–H groups in total. The summed E-state index contributed by atoms with van der Waals surface area (Å²) in [6.07, 6.45) is 44.4. The maximum atomic E-state index is 2.97. The van der Waals surface area contributed by atoms with Crippen LogP contribution in [-0.2, 0) is 0 Å². The molecule has 0 bridgehead atoms. The fourth-order valence-electron chi connectivity index (χ4n) is 7.37. The topological polar surface area (TPSA) is 3.24 Å². The van der Waals surface area contributed by atoms with Crippen molar-refractivity contribution in [2.24, 2.45) is 0 Å². The fourth-order valence-corrected chi connectivity index (χ4v) is 7.37. The van der Waals surface area contributed by atoms with Crippen LogP contribution in [0.5, 0.6) is 0 Å². The molecule has 0 saturated heterocycles. The van der Waals surface area contributed by atoms with Gasteiger partial charge in [0.2, 0.25) is 0 Å². The second-order valence-electron chi connectivity index (χ2n) is 15.5. The smallest absolute Gasteiger partial charge is 0.0158 e. The molecule has 0 aromatic heterocycles. The monoisotopic (exact) mass is 592 g/mol. The third kappa shape index (κ3) is 25.3. The lowest BCUT2D eigenvalue weighted by molar-refractivity contribution is 0.00151. The van der Waals surface area contributed by atoms with E-state index < -0.39 is 0 Å². The molecule has 0 aliphatic heterocycles. The Morgan fingerprint density at radius 1 is 0.286 bits per heavy atom. The largest absolute Gasteiger partial charge is 0.293 e. The second-order valence-corrected chi connectivity index (χ2v) is 15.5. The molecule has 0 saturated carbocycles. The molecule has 0 unspecified atom stereocenters. The lowest BCUT2D eigenvalue weighted by Crippen LogP contribution is -2.55. The third-order valence-corrected chi connectivity index (χ3v) is 10.2. The van der Waals surface area contributed by atoms with E-state index in [4.69, 9.17) is 0 Å². The van der Waals surface area contributed by atoms with Gasteiger partial charge in [-0.1, -0.05) is 201 Å². The summed E-state index contributed by atoms with van der Waals surface area (Å²) in [6.45, 7) is 18.6. The van der Waals surface area contributed by atoms with Crippen molar-refractivity contribution in [1.29, 1.82) is 0 Å². The first-order valence-corrected chi connectivity index (χ1v) is 20.1. The van der Waals surface area contributed by atoms with E-state index in [-0.39, 0.29) is 0 Å². The van der Waals surface area contributed by atoms with Crippen molar-refractivity contribution in [2.45, 2.75) is 259 Å². The standard InChI is InChI=1S/C41H85N/c1-8-11-14-17-20-22-24-26-28-31-34-37-40(4,5)42(39-36-33-30-19-16-13-10-3)41(6,7)38-35-32-29-27-25-23-21-18-15-12-9-2/h8-39H2,1-7H3. The minimum absolute atomic E-state index is 0.308. The predicted octanol–water partition coefficient (Wildman–Crippen LogP) is 15.0. The summed E-state index contributed by atoms with van der Waals surface area (Å²) >= 11 is 0. The quantitative estimate of drug-likeness (QED) is 0.0673. The van der Waals surface area contributed by atoms with Gasteiger partial charge in [0.15, 0.2) is 0 Å². The molecule has 0 aliphatic rings. The molecule has 0 atom stereocenters. The minimum Gasteiger partial charge on any atom is -0.293 e. The van der Waals surface area contributed by atoms with Crippen molar-refractivity contribution in [3.8, 4) is 0 Å². The lowest BCUT2D eigenvalue weighted by atomic mass is 9.85. The first-order valence-electron chi connectivity index (χ1n) is 20.1. The number of hydrogen-bond acceptors (Lipinski definition) is 1. The average Bonchev–Trinajstić information content (AvgIpc) is 2.95. The van der Waals surface area contributed by atoms with E-state index in [1.54, 1.807) is 0 Å². The Hall–Kier alpha value is -0.0400. The van der Waals surface area contributed by atoms with Crippen molar-refractivity contribution < 1.29 is 0 Å². The molecule has 0 aromatic rings. The van der Waals surface area contributed by atoms with E-state index >= 15 is 0 Å². The van der Waals surface area contributed by atoms with E-state index in [1.165, 1.54) is 206 Å². The van der Waals surface area contributed by atoms with Crippen molar-refractivity contribution in [1.82, 2.24) is 4.90 Å². The van der Waals surface area contributed by atoms with Gasteiger partial charge in [-0.3, -0.25) is 4.90 Å². The summed E-state index contributed by atoms with van der Waals surface area (Å²) in [6, 6.07) is 0. The van der Waals surface area contributed by atoms with Gasteiger partial charge in [-0.05, 0) is 53.5 Å². The maximum absolute atomic E-state index is 2.97. The summed E-state index contributed by atoms with van der Waals surface area (Å²) in [5.41, 5.74) is 0.617. The van der Waals surface area contributed by atoms with Gasteiger partial charge in [-0.15, -0.1) is 0 Å². The zero-order valence-electron chi connectivity index (χ0n) is 31.1. The van der Waals surface area contributed by atoms with E-state index in [9.17, 15) is 0 Å². The first-order chi connectivity index (χ1) is 20.3. The third-order valence-electron chi connectivity index (χ3n) is 10.2. The van der Waals surface area contributed by atoms with Gasteiger partial charge in [-0.25, -0.2) is 0 Å². The molecular weight excluding hydrogens is 506 g/mol.